The van der Waals surface area contributed by atoms with Crippen molar-refractivity contribution in [3.05, 3.63) is 47.2 Å². The van der Waals surface area contributed by atoms with E-state index in [-0.39, 0.29) is 0 Å². The average Bonchev–Trinajstić information content (AvgIpc) is 2.82. The average molecular weight is 324 g/mol. The first-order valence-corrected chi connectivity index (χ1v) is 9.11. The van der Waals surface area contributed by atoms with Crippen molar-refractivity contribution < 1.29 is 0 Å². The highest BCUT2D eigenvalue weighted by Gasteiger charge is 2.13. The minimum atomic E-state index is 0.547. The summed E-state index contributed by atoms with van der Waals surface area (Å²) >= 11 is 0. The number of benzene rings is 1. The zero-order chi connectivity index (χ0) is 16.8. The molecule has 0 atom stereocenters. The summed E-state index contributed by atoms with van der Waals surface area (Å²) in [5.74, 6) is 1.65. The fourth-order valence-corrected chi connectivity index (χ4v) is 3.34. The van der Waals surface area contributed by atoms with Crippen molar-refractivity contribution in [3.8, 4) is 0 Å². The van der Waals surface area contributed by atoms with Gasteiger partial charge in [-0.25, -0.2) is 4.98 Å². The SMILES string of the molecule is Cc1cc(NC2CCCCCC2)nc(NCc2ccccc2C)n1. The van der Waals surface area contributed by atoms with Crippen molar-refractivity contribution in [1.29, 1.82) is 0 Å². The molecule has 1 aromatic heterocycles. The minimum absolute atomic E-state index is 0.547. The molecule has 2 N–H and O–H groups in total. The van der Waals surface area contributed by atoms with Crippen LogP contribution in [0.15, 0.2) is 30.3 Å². The van der Waals surface area contributed by atoms with Crippen LogP contribution in [0.1, 0.15) is 55.3 Å². The van der Waals surface area contributed by atoms with Crippen molar-refractivity contribution in [2.24, 2.45) is 0 Å². The molecule has 2 aromatic rings. The highest BCUT2D eigenvalue weighted by Crippen LogP contribution is 2.21. The molecule has 128 valence electrons. The minimum Gasteiger partial charge on any atom is -0.367 e. The maximum absolute atomic E-state index is 4.67. The molecular weight excluding hydrogens is 296 g/mol. The van der Waals surface area contributed by atoms with Crippen molar-refractivity contribution in [2.75, 3.05) is 10.6 Å². The van der Waals surface area contributed by atoms with E-state index in [0.29, 0.717) is 12.0 Å². The summed E-state index contributed by atoms with van der Waals surface area (Å²) in [6.45, 7) is 4.91. The summed E-state index contributed by atoms with van der Waals surface area (Å²) in [6.07, 6.45) is 7.86. The van der Waals surface area contributed by atoms with Gasteiger partial charge in [-0.3, -0.25) is 0 Å². The molecule has 4 nitrogen and oxygen atoms in total. The third kappa shape index (κ3) is 4.70. The van der Waals surface area contributed by atoms with Crippen LogP contribution in [-0.2, 0) is 6.54 Å². The Hall–Kier alpha value is -2.10. The van der Waals surface area contributed by atoms with Gasteiger partial charge in [0.25, 0.3) is 0 Å². The maximum Gasteiger partial charge on any atom is 0.225 e. The number of aryl methyl sites for hydroxylation is 2. The van der Waals surface area contributed by atoms with E-state index in [9.17, 15) is 0 Å². The molecule has 3 rings (SSSR count). The number of hydrogen-bond donors (Lipinski definition) is 2. The van der Waals surface area contributed by atoms with Gasteiger partial charge in [0.05, 0.1) is 0 Å². The first kappa shape index (κ1) is 16.7. The second-order valence-electron chi connectivity index (χ2n) is 6.83. The number of nitrogens with one attached hydrogen (secondary N) is 2. The molecule has 24 heavy (non-hydrogen) atoms. The van der Waals surface area contributed by atoms with E-state index in [2.05, 4.69) is 51.8 Å². The van der Waals surface area contributed by atoms with E-state index in [1.54, 1.807) is 0 Å². The molecule has 1 aromatic carbocycles. The Labute approximate surface area is 145 Å². The summed E-state index contributed by atoms with van der Waals surface area (Å²) in [4.78, 5) is 9.20. The van der Waals surface area contributed by atoms with Crippen molar-refractivity contribution in [3.63, 3.8) is 0 Å². The lowest BCUT2D eigenvalue weighted by Gasteiger charge is -2.18. The monoisotopic (exact) mass is 324 g/mol. The largest absolute Gasteiger partial charge is 0.367 e. The maximum atomic E-state index is 4.67. The Bertz CT molecular complexity index is 660. The predicted molar refractivity (Wildman–Crippen MR) is 100 cm³/mol. The molecule has 0 bridgehead atoms. The van der Waals surface area contributed by atoms with Gasteiger partial charge in [0.1, 0.15) is 5.82 Å². The summed E-state index contributed by atoms with van der Waals surface area (Å²) in [7, 11) is 0. The van der Waals surface area contributed by atoms with Gasteiger partial charge in [0.15, 0.2) is 0 Å². The zero-order valence-corrected chi connectivity index (χ0v) is 14.8. The summed E-state index contributed by atoms with van der Waals surface area (Å²) in [6, 6.07) is 11.0. The number of aromatic nitrogens is 2. The molecule has 0 aliphatic heterocycles. The van der Waals surface area contributed by atoms with Gasteiger partial charge in [-0.05, 0) is 37.8 Å². The Morgan fingerprint density at radius 1 is 1.00 bits per heavy atom. The van der Waals surface area contributed by atoms with Crippen LogP contribution < -0.4 is 10.6 Å². The molecule has 0 unspecified atom stereocenters. The third-order valence-corrected chi connectivity index (χ3v) is 4.76. The number of anilines is 2. The Morgan fingerprint density at radius 2 is 1.75 bits per heavy atom. The smallest absolute Gasteiger partial charge is 0.225 e. The second-order valence-corrected chi connectivity index (χ2v) is 6.83. The molecule has 0 amide bonds. The normalized spacial score (nSPS) is 15.8. The van der Waals surface area contributed by atoms with Gasteiger partial charge in [-0.2, -0.15) is 4.98 Å². The van der Waals surface area contributed by atoms with Gasteiger partial charge in [0.2, 0.25) is 5.95 Å². The molecule has 1 fully saturated rings. The van der Waals surface area contributed by atoms with Gasteiger partial charge in [0, 0.05) is 24.3 Å². The highest BCUT2D eigenvalue weighted by molar-refractivity contribution is 5.43. The van der Waals surface area contributed by atoms with Crippen LogP contribution in [-0.4, -0.2) is 16.0 Å². The third-order valence-electron chi connectivity index (χ3n) is 4.76. The lowest BCUT2D eigenvalue weighted by atomic mass is 10.1. The lowest BCUT2D eigenvalue weighted by Crippen LogP contribution is -2.19. The van der Waals surface area contributed by atoms with Gasteiger partial charge in [-0.15, -0.1) is 0 Å². The van der Waals surface area contributed by atoms with Crippen molar-refractivity contribution >= 4 is 11.8 Å². The number of hydrogen-bond acceptors (Lipinski definition) is 4. The van der Waals surface area contributed by atoms with E-state index in [0.717, 1.165) is 18.1 Å². The van der Waals surface area contributed by atoms with Crippen LogP contribution in [0.4, 0.5) is 11.8 Å². The number of rotatable bonds is 5. The summed E-state index contributed by atoms with van der Waals surface area (Å²) in [5.41, 5.74) is 3.56. The molecule has 1 heterocycles. The number of nitrogens with zero attached hydrogens (tertiary/aromatic N) is 2. The summed E-state index contributed by atoms with van der Waals surface area (Å²) < 4.78 is 0. The van der Waals surface area contributed by atoms with Gasteiger partial charge in [-0.1, -0.05) is 49.9 Å². The van der Waals surface area contributed by atoms with E-state index >= 15 is 0 Å². The van der Waals surface area contributed by atoms with Crippen LogP contribution in [0, 0.1) is 13.8 Å². The fourth-order valence-electron chi connectivity index (χ4n) is 3.34. The van der Waals surface area contributed by atoms with Crippen LogP contribution in [0.5, 0.6) is 0 Å². The van der Waals surface area contributed by atoms with Crippen LogP contribution in [0.3, 0.4) is 0 Å². The van der Waals surface area contributed by atoms with E-state index in [1.165, 1.54) is 49.7 Å². The zero-order valence-electron chi connectivity index (χ0n) is 14.8. The molecule has 1 aliphatic carbocycles. The fraction of sp³-hybridized carbons (Fsp3) is 0.500. The Kier molecular flexibility index (Phi) is 5.68. The highest BCUT2D eigenvalue weighted by atomic mass is 15.1. The Balaban J connectivity index is 1.66. The second kappa shape index (κ2) is 8.13. The van der Waals surface area contributed by atoms with E-state index < -0.39 is 0 Å². The molecule has 0 spiro atoms. The van der Waals surface area contributed by atoms with Crippen LogP contribution in [0.2, 0.25) is 0 Å². The molecule has 0 radical (unpaired) electrons. The quantitative estimate of drug-likeness (QED) is 0.773. The van der Waals surface area contributed by atoms with Gasteiger partial charge < -0.3 is 10.6 Å². The Morgan fingerprint density at radius 3 is 2.50 bits per heavy atom. The molecule has 0 saturated heterocycles. The van der Waals surface area contributed by atoms with E-state index in [4.69, 9.17) is 0 Å². The van der Waals surface area contributed by atoms with Crippen LogP contribution in [0.25, 0.3) is 0 Å². The van der Waals surface area contributed by atoms with Crippen LogP contribution >= 0.6 is 0 Å². The molecule has 1 aliphatic rings. The standard InChI is InChI=1S/C20H28N4/c1-15-9-7-8-10-17(15)14-21-20-22-16(2)13-19(24-20)23-18-11-5-3-4-6-12-18/h7-10,13,18H,3-6,11-12,14H2,1-2H3,(H2,21,22,23,24). The van der Waals surface area contributed by atoms with Crippen molar-refractivity contribution in [2.45, 2.75) is 65.0 Å². The molecule has 4 heteroatoms. The first-order chi connectivity index (χ1) is 11.7. The van der Waals surface area contributed by atoms with Gasteiger partial charge >= 0.3 is 0 Å². The lowest BCUT2D eigenvalue weighted by molar-refractivity contribution is 0.617. The summed E-state index contributed by atoms with van der Waals surface area (Å²) in [5, 5.41) is 6.99. The van der Waals surface area contributed by atoms with Crippen molar-refractivity contribution in [1.82, 2.24) is 9.97 Å². The van der Waals surface area contributed by atoms with E-state index in [1.807, 2.05) is 13.0 Å². The first-order valence-electron chi connectivity index (χ1n) is 9.11. The predicted octanol–water partition coefficient (Wildman–Crippen LogP) is 4.84. The molecular formula is C20H28N4. The topological polar surface area (TPSA) is 49.8 Å². The molecule has 1 saturated carbocycles.